The molecule has 0 aliphatic heterocycles. The number of rotatable bonds is 1. The van der Waals surface area contributed by atoms with Crippen LogP contribution in [-0.2, 0) is 5.41 Å². The minimum absolute atomic E-state index is 0.242. The molecule has 0 amide bonds. The van der Waals surface area contributed by atoms with Crippen molar-refractivity contribution in [2.45, 2.75) is 37.5 Å². The third-order valence-electron chi connectivity index (χ3n) is 3.72. The van der Waals surface area contributed by atoms with E-state index in [0.717, 1.165) is 11.7 Å². The Morgan fingerprint density at radius 2 is 2.07 bits per heavy atom. The molecule has 2 aliphatic carbocycles. The summed E-state index contributed by atoms with van der Waals surface area (Å²) < 4.78 is 12.7. The Kier molecular flexibility index (Phi) is 1.64. The van der Waals surface area contributed by atoms with E-state index in [1.54, 1.807) is 0 Å². The summed E-state index contributed by atoms with van der Waals surface area (Å²) in [7, 11) is 0. The highest BCUT2D eigenvalue weighted by molar-refractivity contribution is 5.23. The summed E-state index contributed by atoms with van der Waals surface area (Å²) in [6.45, 7) is 0. The number of fused-ring (bicyclic) bond motifs is 1. The van der Waals surface area contributed by atoms with Gasteiger partial charge in [-0.15, -0.1) is 0 Å². The Bertz CT molecular complexity index is 349. The molecule has 0 unspecified atom stereocenters. The highest BCUT2D eigenvalue weighted by atomic mass is 19.1. The first-order valence-electron chi connectivity index (χ1n) is 5.29. The van der Waals surface area contributed by atoms with Gasteiger partial charge in [0.05, 0.1) is 12.4 Å². The van der Waals surface area contributed by atoms with Gasteiger partial charge in [-0.2, -0.15) is 0 Å². The first kappa shape index (κ1) is 8.33. The monoisotopic (exact) mass is 192 g/mol. The lowest BCUT2D eigenvalue weighted by Gasteiger charge is -2.19. The summed E-state index contributed by atoms with van der Waals surface area (Å²) in [5.74, 6) is 1.32. The molecule has 2 atom stereocenters. The van der Waals surface area contributed by atoms with Gasteiger partial charge in [0, 0.05) is 5.41 Å². The number of aromatic nitrogens is 2. The van der Waals surface area contributed by atoms with Crippen molar-refractivity contribution in [3.63, 3.8) is 0 Å². The molecule has 2 aliphatic rings. The van der Waals surface area contributed by atoms with E-state index in [4.69, 9.17) is 0 Å². The molecule has 0 N–H and O–H groups in total. The maximum absolute atomic E-state index is 12.7. The molecule has 0 saturated heterocycles. The maximum atomic E-state index is 12.7. The minimum Gasteiger partial charge on any atom is -0.238 e. The molecule has 2 saturated carbocycles. The first-order chi connectivity index (χ1) is 6.81. The van der Waals surface area contributed by atoms with Crippen molar-refractivity contribution in [2.24, 2.45) is 5.92 Å². The van der Waals surface area contributed by atoms with E-state index in [-0.39, 0.29) is 11.2 Å². The topological polar surface area (TPSA) is 25.8 Å². The fourth-order valence-corrected chi connectivity index (χ4v) is 2.85. The smallest absolute Gasteiger partial charge is 0.159 e. The molecule has 3 rings (SSSR count). The van der Waals surface area contributed by atoms with Crippen LogP contribution in [0.1, 0.15) is 37.9 Å². The van der Waals surface area contributed by atoms with Crippen LogP contribution in [0.15, 0.2) is 12.4 Å². The zero-order chi connectivity index (χ0) is 9.60. The third-order valence-corrected chi connectivity index (χ3v) is 3.72. The molecular weight excluding hydrogens is 179 g/mol. The largest absolute Gasteiger partial charge is 0.238 e. The predicted molar refractivity (Wildman–Crippen MR) is 50.2 cm³/mol. The van der Waals surface area contributed by atoms with Gasteiger partial charge >= 0.3 is 0 Å². The molecule has 0 spiro atoms. The van der Waals surface area contributed by atoms with Crippen LogP contribution < -0.4 is 0 Å². The van der Waals surface area contributed by atoms with Crippen molar-refractivity contribution in [1.29, 1.82) is 0 Å². The van der Waals surface area contributed by atoms with Crippen LogP contribution in [0.2, 0.25) is 0 Å². The Hall–Kier alpha value is -0.990. The maximum Gasteiger partial charge on any atom is 0.159 e. The lowest BCUT2D eigenvalue weighted by atomic mass is 9.88. The fourth-order valence-electron chi connectivity index (χ4n) is 2.85. The first-order valence-corrected chi connectivity index (χ1v) is 5.29. The van der Waals surface area contributed by atoms with Crippen molar-refractivity contribution >= 4 is 0 Å². The van der Waals surface area contributed by atoms with Gasteiger partial charge < -0.3 is 0 Å². The summed E-state index contributed by atoms with van der Waals surface area (Å²) in [6, 6.07) is 0. The second-order valence-corrected chi connectivity index (χ2v) is 4.53. The lowest BCUT2D eigenvalue weighted by molar-refractivity contribution is 0.411. The zero-order valence-corrected chi connectivity index (χ0v) is 8.04. The van der Waals surface area contributed by atoms with Gasteiger partial charge in [0.2, 0.25) is 0 Å². The number of halogens is 1. The molecule has 1 aromatic rings. The SMILES string of the molecule is Fc1cnc([C@]23CCCC[C@@H]2C3)nc1. The fraction of sp³-hybridized carbons (Fsp3) is 0.636. The van der Waals surface area contributed by atoms with Gasteiger partial charge in [-0.25, -0.2) is 14.4 Å². The summed E-state index contributed by atoms with van der Waals surface area (Å²) in [6.07, 6.45) is 8.93. The van der Waals surface area contributed by atoms with Crippen molar-refractivity contribution in [1.82, 2.24) is 9.97 Å². The van der Waals surface area contributed by atoms with Crippen molar-refractivity contribution in [3.8, 4) is 0 Å². The van der Waals surface area contributed by atoms with Crippen LogP contribution in [0.4, 0.5) is 4.39 Å². The number of nitrogens with zero attached hydrogens (tertiary/aromatic N) is 2. The van der Waals surface area contributed by atoms with Gasteiger partial charge in [-0.3, -0.25) is 0 Å². The van der Waals surface area contributed by atoms with Gasteiger partial charge in [-0.1, -0.05) is 12.8 Å². The van der Waals surface area contributed by atoms with E-state index in [9.17, 15) is 4.39 Å². The van der Waals surface area contributed by atoms with Crippen molar-refractivity contribution < 1.29 is 4.39 Å². The number of hydrogen-bond donors (Lipinski definition) is 0. The summed E-state index contributed by atoms with van der Waals surface area (Å²) in [5, 5.41) is 0. The second-order valence-electron chi connectivity index (χ2n) is 4.53. The normalized spacial score (nSPS) is 35.1. The van der Waals surface area contributed by atoms with Crippen molar-refractivity contribution in [3.05, 3.63) is 24.0 Å². The molecule has 1 aromatic heterocycles. The molecule has 74 valence electrons. The van der Waals surface area contributed by atoms with Crippen LogP contribution in [0.5, 0.6) is 0 Å². The average Bonchev–Trinajstić information content (AvgIpc) is 2.94. The Morgan fingerprint density at radius 1 is 1.29 bits per heavy atom. The molecule has 3 heteroatoms. The van der Waals surface area contributed by atoms with Crippen molar-refractivity contribution in [2.75, 3.05) is 0 Å². The van der Waals surface area contributed by atoms with Crippen LogP contribution in [0.25, 0.3) is 0 Å². The highest BCUT2D eigenvalue weighted by Crippen LogP contribution is 2.61. The molecule has 0 bridgehead atoms. The predicted octanol–water partition coefficient (Wildman–Crippen LogP) is 2.45. The lowest BCUT2D eigenvalue weighted by Crippen LogP contribution is -2.17. The Labute approximate surface area is 82.6 Å². The van der Waals surface area contributed by atoms with E-state index in [2.05, 4.69) is 9.97 Å². The van der Waals surface area contributed by atoms with E-state index < -0.39 is 0 Å². The standard InChI is InChI=1S/C11H13FN2/c12-9-6-13-10(14-7-9)11-4-2-1-3-8(11)5-11/h6-8H,1-5H2/t8-,11+/m1/s1. The molecule has 2 nitrogen and oxygen atoms in total. The molecule has 0 radical (unpaired) electrons. The van der Waals surface area contributed by atoms with Gasteiger partial charge in [0.25, 0.3) is 0 Å². The molecule has 1 heterocycles. The Morgan fingerprint density at radius 3 is 2.79 bits per heavy atom. The van der Waals surface area contributed by atoms with E-state index >= 15 is 0 Å². The quantitative estimate of drug-likeness (QED) is 0.683. The minimum atomic E-state index is -0.335. The Balaban J connectivity index is 1.92. The van der Waals surface area contributed by atoms with E-state index in [1.165, 1.54) is 44.5 Å². The zero-order valence-electron chi connectivity index (χ0n) is 8.04. The summed E-state index contributed by atoms with van der Waals surface area (Å²) in [4.78, 5) is 8.26. The molecular formula is C11H13FN2. The molecule has 2 fully saturated rings. The third kappa shape index (κ3) is 1.08. The van der Waals surface area contributed by atoms with Crippen LogP contribution >= 0.6 is 0 Å². The van der Waals surface area contributed by atoms with Crippen LogP contribution in [0, 0.1) is 11.7 Å². The average molecular weight is 192 g/mol. The molecule has 0 aromatic carbocycles. The van der Waals surface area contributed by atoms with Crippen LogP contribution in [-0.4, -0.2) is 9.97 Å². The second kappa shape index (κ2) is 2.75. The highest BCUT2D eigenvalue weighted by Gasteiger charge is 2.57. The van der Waals surface area contributed by atoms with Crippen LogP contribution in [0.3, 0.4) is 0 Å². The van der Waals surface area contributed by atoms with E-state index in [0.29, 0.717) is 0 Å². The van der Waals surface area contributed by atoms with Gasteiger partial charge in [0.1, 0.15) is 5.82 Å². The summed E-state index contributed by atoms with van der Waals surface area (Å²) >= 11 is 0. The number of hydrogen-bond acceptors (Lipinski definition) is 2. The van der Waals surface area contributed by atoms with Gasteiger partial charge in [0.15, 0.2) is 5.82 Å². The van der Waals surface area contributed by atoms with E-state index in [1.807, 2.05) is 0 Å². The van der Waals surface area contributed by atoms with Gasteiger partial charge in [-0.05, 0) is 25.2 Å². The molecule has 14 heavy (non-hydrogen) atoms. The summed E-state index contributed by atoms with van der Waals surface area (Å²) in [5.41, 5.74) is 0.242.